The summed E-state index contributed by atoms with van der Waals surface area (Å²) in [7, 11) is 1.99. The quantitative estimate of drug-likeness (QED) is 0.739. The first-order chi connectivity index (χ1) is 12.5. The van der Waals surface area contributed by atoms with Gasteiger partial charge in [-0.15, -0.1) is 10.2 Å². The molecule has 1 aliphatic rings. The molecular weight excluding hydrogens is 348 g/mol. The van der Waals surface area contributed by atoms with Crippen molar-refractivity contribution in [1.29, 1.82) is 0 Å². The number of nitrogens with one attached hydrogen (secondary N) is 2. The van der Waals surface area contributed by atoms with Crippen LogP contribution in [-0.4, -0.2) is 34.2 Å². The highest BCUT2D eigenvalue weighted by Crippen LogP contribution is 2.48. The van der Waals surface area contributed by atoms with E-state index in [4.69, 9.17) is 11.6 Å². The number of hydrogen-bond donors (Lipinski definition) is 2. The minimum absolute atomic E-state index is 0.315. The number of aryl methyl sites for hydroxylation is 1. The number of nitrogens with zero attached hydrogens (tertiary/aromatic N) is 4. The molecule has 2 N–H and O–H groups in total. The van der Waals surface area contributed by atoms with Crippen molar-refractivity contribution in [3.05, 3.63) is 63.9 Å². The molecule has 1 aliphatic heterocycles. The summed E-state index contributed by atoms with van der Waals surface area (Å²) in [6.07, 6.45) is 0.697. The number of anilines is 2. The molecule has 6 nitrogen and oxygen atoms in total. The molecule has 1 atom stereocenters. The summed E-state index contributed by atoms with van der Waals surface area (Å²) in [5.41, 5.74) is 5.65. The van der Waals surface area contributed by atoms with Crippen LogP contribution in [0.5, 0.6) is 0 Å². The largest absolute Gasteiger partial charge is 0.340 e. The number of fused-ring (bicyclic) bond motifs is 2. The molecule has 0 saturated carbocycles. The number of H-pyrrole nitrogens is 1. The zero-order valence-electron chi connectivity index (χ0n) is 15.0. The lowest BCUT2D eigenvalue weighted by Crippen LogP contribution is -2.44. The Bertz CT molecular complexity index is 884. The SMILES string of the molecule is CNC1(C)c2cc(C)ccc2N(CCc2nn[nH]n2)c2ccc(Cl)cc21. The molecule has 3 aromatic rings. The summed E-state index contributed by atoms with van der Waals surface area (Å²) in [6.45, 7) is 5.08. The molecule has 0 bridgehead atoms. The molecule has 0 aliphatic carbocycles. The van der Waals surface area contributed by atoms with Gasteiger partial charge in [-0.2, -0.15) is 5.21 Å². The molecule has 1 unspecified atom stereocenters. The summed E-state index contributed by atoms with van der Waals surface area (Å²) < 4.78 is 0. The van der Waals surface area contributed by atoms with E-state index in [0.29, 0.717) is 12.2 Å². The molecule has 0 spiro atoms. The van der Waals surface area contributed by atoms with Gasteiger partial charge in [-0.25, -0.2) is 0 Å². The number of rotatable bonds is 4. The molecular formula is C19H21ClN6. The maximum atomic E-state index is 6.35. The van der Waals surface area contributed by atoms with Crippen molar-refractivity contribution in [3.8, 4) is 0 Å². The summed E-state index contributed by atoms with van der Waals surface area (Å²) in [5.74, 6) is 0.705. The maximum absolute atomic E-state index is 6.35. The number of hydrogen-bond acceptors (Lipinski definition) is 5. The molecule has 1 aromatic heterocycles. The van der Waals surface area contributed by atoms with E-state index in [1.807, 2.05) is 13.1 Å². The lowest BCUT2D eigenvalue weighted by Gasteiger charge is -2.44. The minimum Gasteiger partial charge on any atom is -0.340 e. The fourth-order valence-corrected chi connectivity index (χ4v) is 3.89. The zero-order chi connectivity index (χ0) is 18.3. The Kier molecular flexibility index (Phi) is 4.17. The van der Waals surface area contributed by atoms with Crippen LogP contribution in [0, 0.1) is 6.92 Å². The highest BCUT2D eigenvalue weighted by atomic mass is 35.5. The molecule has 7 heteroatoms. The number of halogens is 1. The highest BCUT2D eigenvalue weighted by molar-refractivity contribution is 6.30. The molecule has 0 radical (unpaired) electrons. The Morgan fingerprint density at radius 2 is 1.88 bits per heavy atom. The van der Waals surface area contributed by atoms with Gasteiger partial charge in [0.05, 0.1) is 5.54 Å². The van der Waals surface area contributed by atoms with Gasteiger partial charge in [0.15, 0.2) is 5.82 Å². The van der Waals surface area contributed by atoms with Crippen molar-refractivity contribution in [2.75, 3.05) is 18.5 Å². The lowest BCUT2D eigenvalue weighted by molar-refractivity contribution is 0.477. The van der Waals surface area contributed by atoms with Crippen molar-refractivity contribution < 1.29 is 0 Å². The fraction of sp³-hybridized carbons (Fsp3) is 0.316. The molecule has 26 heavy (non-hydrogen) atoms. The number of benzene rings is 2. The Labute approximate surface area is 157 Å². The molecule has 2 heterocycles. The first kappa shape index (κ1) is 17.0. The van der Waals surface area contributed by atoms with E-state index in [-0.39, 0.29) is 5.54 Å². The second kappa shape index (κ2) is 6.37. The van der Waals surface area contributed by atoms with E-state index < -0.39 is 0 Å². The van der Waals surface area contributed by atoms with Crippen LogP contribution in [0.15, 0.2) is 36.4 Å². The van der Waals surface area contributed by atoms with Crippen molar-refractivity contribution in [2.45, 2.75) is 25.8 Å². The third kappa shape index (κ3) is 2.66. The third-order valence-electron chi connectivity index (χ3n) is 5.22. The van der Waals surface area contributed by atoms with Crippen LogP contribution in [-0.2, 0) is 12.0 Å². The number of aromatic amines is 1. The second-order valence-corrected chi connectivity index (χ2v) is 7.22. The Balaban J connectivity index is 1.86. The summed E-state index contributed by atoms with van der Waals surface area (Å²) in [4.78, 5) is 2.32. The standard InChI is InChI=1S/C19H21ClN6/c1-12-4-6-16-14(10-12)19(2,21-3)15-11-13(20)5-7-17(15)26(16)9-8-18-22-24-25-23-18/h4-7,10-11,21H,8-9H2,1-3H3,(H,22,23,24,25). The zero-order valence-corrected chi connectivity index (χ0v) is 15.8. The summed E-state index contributed by atoms with van der Waals surface area (Å²) in [5, 5.41) is 18.6. The Morgan fingerprint density at radius 1 is 1.15 bits per heavy atom. The van der Waals surface area contributed by atoms with Crippen LogP contribution < -0.4 is 10.2 Å². The van der Waals surface area contributed by atoms with Crippen LogP contribution in [0.25, 0.3) is 0 Å². The minimum atomic E-state index is -0.315. The first-order valence-electron chi connectivity index (χ1n) is 8.63. The fourth-order valence-electron chi connectivity index (χ4n) is 3.72. The van der Waals surface area contributed by atoms with Gasteiger partial charge in [-0.3, -0.25) is 0 Å². The van der Waals surface area contributed by atoms with Crippen LogP contribution >= 0.6 is 11.6 Å². The molecule has 4 rings (SSSR count). The number of aromatic nitrogens is 4. The monoisotopic (exact) mass is 368 g/mol. The van der Waals surface area contributed by atoms with Crippen molar-refractivity contribution in [2.24, 2.45) is 0 Å². The Hall–Kier alpha value is -2.44. The van der Waals surface area contributed by atoms with Crippen molar-refractivity contribution in [1.82, 2.24) is 25.9 Å². The van der Waals surface area contributed by atoms with Gasteiger partial charge in [-0.05, 0) is 45.2 Å². The predicted molar refractivity (Wildman–Crippen MR) is 103 cm³/mol. The van der Waals surface area contributed by atoms with Crippen LogP contribution in [0.3, 0.4) is 0 Å². The predicted octanol–water partition coefficient (Wildman–Crippen LogP) is 3.34. The third-order valence-corrected chi connectivity index (χ3v) is 5.45. The average Bonchev–Trinajstić information content (AvgIpc) is 3.16. The second-order valence-electron chi connectivity index (χ2n) is 6.79. The molecule has 0 fully saturated rings. The van der Waals surface area contributed by atoms with Crippen molar-refractivity contribution in [3.63, 3.8) is 0 Å². The van der Waals surface area contributed by atoms with Gasteiger partial charge >= 0.3 is 0 Å². The van der Waals surface area contributed by atoms with Crippen molar-refractivity contribution >= 4 is 23.0 Å². The maximum Gasteiger partial charge on any atom is 0.176 e. The van der Waals surface area contributed by atoms with E-state index in [1.165, 1.54) is 22.4 Å². The van der Waals surface area contributed by atoms with Gasteiger partial charge in [0.25, 0.3) is 0 Å². The van der Waals surface area contributed by atoms with Gasteiger partial charge < -0.3 is 10.2 Å². The first-order valence-corrected chi connectivity index (χ1v) is 9.00. The van der Waals surface area contributed by atoms with E-state index in [2.05, 4.69) is 75.0 Å². The molecule has 0 saturated heterocycles. The Morgan fingerprint density at radius 3 is 2.58 bits per heavy atom. The van der Waals surface area contributed by atoms with E-state index in [1.54, 1.807) is 0 Å². The van der Waals surface area contributed by atoms with Gasteiger partial charge in [-0.1, -0.05) is 34.5 Å². The normalized spacial score (nSPS) is 18.5. The number of tetrazole rings is 1. The summed E-state index contributed by atoms with van der Waals surface area (Å²) in [6, 6.07) is 12.7. The highest BCUT2D eigenvalue weighted by Gasteiger charge is 2.38. The van der Waals surface area contributed by atoms with Crippen LogP contribution in [0.4, 0.5) is 11.4 Å². The van der Waals surface area contributed by atoms with E-state index >= 15 is 0 Å². The van der Waals surface area contributed by atoms with Crippen LogP contribution in [0.1, 0.15) is 29.4 Å². The lowest BCUT2D eigenvalue weighted by atomic mass is 9.78. The van der Waals surface area contributed by atoms with Gasteiger partial charge in [0, 0.05) is 40.5 Å². The average molecular weight is 369 g/mol. The molecule has 2 aromatic carbocycles. The van der Waals surface area contributed by atoms with Gasteiger partial charge in [0.1, 0.15) is 0 Å². The van der Waals surface area contributed by atoms with E-state index in [0.717, 1.165) is 17.3 Å². The summed E-state index contributed by atoms with van der Waals surface area (Å²) >= 11 is 6.35. The van der Waals surface area contributed by atoms with Crippen LogP contribution in [0.2, 0.25) is 5.02 Å². The van der Waals surface area contributed by atoms with E-state index in [9.17, 15) is 0 Å². The smallest absolute Gasteiger partial charge is 0.176 e. The molecule has 134 valence electrons. The van der Waals surface area contributed by atoms with Gasteiger partial charge in [0.2, 0.25) is 0 Å². The topological polar surface area (TPSA) is 69.7 Å². The molecule has 0 amide bonds.